The Balaban J connectivity index is 1.83. The molecular weight excluding hydrogens is 474 g/mol. The Labute approximate surface area is 192 Å². The molecule has 0 fully saturated rings. The zero-order valence-electron chi connectivity index (χ0n) is 16.7. The van der Waals surface area contributed by atoms with E-state index in [9.17, 15) is 19.7 Å². The van der Waals surface area contributed by atoms with E-state index in [4.69, 9.17) is 0 Å². The number of nitrogens with zero attached hydrogens (tertiary/aromatic N) is 1. The molecule has 0 aliphatic rings. The molecule has 0 saturated heterocycles. The van der Waals surface area contributed by atoms with Gasteiger partial charge < -0.3 is 10.6 Å². The highest BCUT2D eigenvalue weighted by Crippen LogP contribution is 2.18. The molecule has 160 valence electrons. The summed E-state index contributed by atoms with van der Waals surface area (Å²) in [4.78, 5) is 35.9. The monoisotopic (exact) mass is 491 g/mol. The van der Waals surface area contributed by atoms with Crippen LogP contribution in [0.5, 0.6) is 0 Å². The number of nitro benzene ring substituents is 1. The summed E-state index contributed by atoms with van der Waals surface area (Å²) in [5.74, 6) is -1.03. The minimum atomic E-state index is -0.572. The molecule has 0 atom stereocenters. The van der Waals surface area contributed by atoms with Crippen LogP contribution in [-0.2, 0) is 4.79 Å². The quantitative estimate of drug-likeness (QED) is 0.202. The van der Waals surface area contributed by atoms with Gasteiger partial charge in [-0.05, 0) is 51.8 Å². The molecule has 8 heteroatoms. The lowest BCUT2D eigenvalue weighted by molar-refractivity contribution is -0.384. The minimum absolute atomic E-state index is 0.0105. The van der Waals surface area contributed by atoms with Gasteiger partial charge in [0.2, 0.25) is 0 Å². The third kappa shape index (κ3) is 6.23. The summed E-state index contributed by atoms with van der Waals surface area (Å²) in [6.07, 6.45) is 4.94. The van der Waals surface area contributed by atoms with Crippen LogP contribution >= 0.6 is 15.9 Å². The van der Waals surface area contributed by atoms with Crippen LogP contribution in [0.25, 0.3) is 6.08 Å². The molecule has 3 aromatic rings. The SMILES string of the molecule is O=C(Nc1ccc([N+](=O)[O-])cc1)/C(=C\C=C\c1ccccc1)NC(=O)c1ccccc1Br. The number of hydrogen-bond acceptors (Lipinski definition) is 4. The van der Waals surface area contributed by atoms with E-state index >= 15 is 0 Å². The summed E-state index contributed by atoms with van der Waals surface area (Å²) in [6.45, 7) is 0. The highest BCUT2D eigenvalue weighted by Gasteiger charge is 2.16. The van der Waals surface area contributed by atoms with Crippen LogP contribution in [0.4, 0.5) is 11.4 Å². The summed E-state index contributed by atoms with van der Waals surface area (Å²) < 4.78 is 0.590. The van der Waals surface area contributed by atoms with Gasteiger partial charge in [-0.15, -0.1) is 0 Å². The predicted molar refractivity (Wildman–Crippen MR) is 127 cm³/mol. The normalized spacial score (nSPS) is 11.2. The molecule has 0 aromatic heterocycles. The van der Waals surface area contributed by atoms with Crippen molar-refractivity contribution in [2.75, 3.05) is 5.32 Å². The number of non-ortho nitro benzene ring substituents is 1. The van der Waals surface area contributed by atoms with Crippen molar-refractivity contribution in [1.29, 1.82) is 0 Å². The molecule has 3 rings (SSSR count). The summed E-state index contributed by atoms with van der Waals surface area (Å²) in [6, 6.07) is 21.7. The molecule has 3 aromatic carbocycles. The Hall–Kier alpha value is -4.04. The van der Waals surface area contributed by atoms with Crippen LogP contribution in [-0.4, -0.2) is 16.7 Å². The standard InChI is InChI=1S/C24H18BrN3O4/c25-21-11-5-4-10-20(21)23(29)27-22(12-6-9-17-7-2-1-3-8-17)24(30)26-18-13-15-19(16-14-18)28(31)32/h1-16H,(H,26,30)(H,27,29)/b9-6+,22-12+. The van der Waals surface area contributed by atoms with Crippen LogP contribution in [0.15, 0.2) is 101 Å². The van der Waals surface area contributed by atoms with Gasteiger partial charge >= 0.3 is 0 Å². The van der Waals surface area contributed by atoms with Crippen molar-refractivity contribution in [2.45, 2.75) is 0 Å². The largest absolute Gasteiger partial charge is 0.321 e. The van der Waals surface area contributed by atoms with Gasteiger partial charge in [-0.2, -0.15) is 0 Å². The van der Waals surface area contributed by atoms with Crippen LogP contribution in [0, 0.1) is 10.1 Å². The van der Waals surface area contributed by atoms with Crippen molar-refractivity contribution in [3.8, 4) is 0 Å². The maximum atomic E-state index is 12.9. The van der Waals surface area contributed by atoms with Crippen LogP contribution in [0.3, 0.4) is 0 Å². The Kier molecular flexibility index (Phi) is 7.66. The average molecular weight is 492 g/mol. The molecule has 0 radical (unpaired) electrons. The van der Waals surface area contributed by atoms with E-state index in [1.165, 1.54) is 30.3 Å². The van der Waals surface area contributed by atoms with Gasteiger partial charge in [-0.1, -0.05) is 54.6 Å². The van der Waals surface area contributed by atoms with Gasteiger partial charge in [0.15, 0.2) is 0 Å². The fourth-order valence-corrected chi connectivity index (χ4v) is 3.16. The second-order valence-corrected chi connectivity index (χ2v) is 7.40. The second kappa shape index (κ2) is 10.8. The van der Waals surface area contributed by atoms with Crippen molar-refractivity contribution in [3.05, 3.63) is 122 Å². The van der Waals surface area contributed by atoms with E-state index < -0.39 is 16.7 Å². The number of anilines is 1. The molecule has 2 amide bonds. The van der Waals surface area contributed by atoms with Crippen LogP contribution < -0.4 is 10.6 Å². The van der Waals surface area contributed by atoms with Crippen molar-refractivity contribution in [1.82, 2.24) is 5.32 Å². The zero-order chi connectivity index (χ0) is 22.9. The maximum Gasteiger partial charge on any atom is 0.272 e. The number of nitro groups is 1. The maximum absolute atomic E-state index is 12.9. The Morgan fingerprint density at radius 1 is 0.906 bits per heavy atom. The number of nitrogens with one attached hydrogen (secondary N) is 2. The smallest absolute Gasteiger partial charge is 0.272 e. The van der Waals surface area contributed by atoms with Gasteiger partial charge in [0.25, 0.3) is 17.5 Å². The molecule has 0 aliphatic heterocycles. The minimum Gasteiger partial charge on any atom is -0.321 e. The highest BCUT2D eigenvalue weighted by molar-refractivity contribution is 9.10. The third-order valence-corrected chi connectivity index (χ3v) is 4.99. The summed E-state index contributed by atoms with van der Waals surface area (Å²) in [7, 11) is 0. The summed E-state index contributed by atoms with van der Waals surface area (Å²) in [5, 5.41) is 16.1. The highest BCUT2D eigenvalue weighted by atomic mass is 79.9. The number of carbonyl (C=O) groups excluding carboxylic acids is 2. The van der Waals surface area contributed by atoms with Gasteiger partial charge in [0.05, 0.1) is 10.5 Å². The molecule has 0 unspecified atom stereocenters. The lowest BCUT2D eigenvalue weighted by Crippen LogP contribution is -2.31. The van der Waals surface area contributed by atoms with Crippen LogP contribution in [0.2, 0.25) is 0 Å². The van der Waals surface area contributed by atoms with E-state index in [0.717, 1.165) is 5.56 Å². The van der Waals surface area contributed by atoms with Gasteiger partial charge in [0.1, 0.15) is 5.70 Å². The molecule has 0 aliphatic carbocycles. The van der Waals surface area contributed by atoms with Crippen molar-refractivity contribution >= 4 is 45.2 Å². The second-order valence-electron chi connectivity index (χ2n) is 6.54. The number of hydrogen-bond donors (Lipinski definition) is 2. The molecular formula is C24H18BrN3O4. The Morgan fingerprint density at radius 3 is 2.22 bits per heavy atom. The van der Waals surface area contributed by atoms with E-state index in [-0.39, 0.29) is 11.4 Å². The first kappa shape index (κ1) is 22.6. The lowest BCUT2D eigenvalue weighted by Gasteiger charge is -2.11. The first-order chi connectivity index (χ1) is 15.4. The first-order valence-corrected chi connectivity index (χ1v) is 10.3. The Morgan fingerprint density at radius 2 is 1.56 bits per heavy atom. The van der Waals surface area contributed by atoms with E-state index in [1.54, 1.807) is 36.4 Å². The topological polar surface area (TPSA) is 101 Å². The average Bonchev–Trinajstić information content (AvgIpc) is 2.79. The fraction of sp³-hybridized carbons (Fsp3) is 0. The lowest BCUT2D eigenvalue weighted by atomic mass is 10.2. The number of carbonyl (C=O) groups is 2. The molecule has 0 saturated carbocycles. The molecule has 0 spiro atoms. The molecule has 2 N–H and O–H groups in total. The van der Waals surface area contributed by atoms with Crippen molar-refractivity contribution < 1.29 is 14.5 Å². The molecule has 0 bridgehead atoms. The van der Waals surface area contributed by atoms with Gasteiger partial charge in [-0.25, -0.2) is 0 Å². The molecule has 32 heavy (non-hydrogen) atoms. The zero-order valence-corrected chi connectivity index (χ0v) is 18.3. The fourth-order valence-electron chi connectivity index (χ4n) is 2.69. The third-order valence-electron chi connectivity index (χ3n) is 4.30. The van der Waals surface area contributed by atoms with Crippen molar-refractivity contribution in [2.24, 2.45) is 0 Å². The number of allylic oxidation sites excluding steroid dienone is 2. The number of benzene rings is 3. The van der Waals surface area contributed by atoms with Gasteiger partial charge in [0, 0.05) is 22.3 Å². The number of amides is 2. The number of rotatable bonds is 7. The Bertz CT molecular complexity index is 1190. The molecule has 7 nitrogen and oxygen atoms in total. The molecule has 0 heterocycles. The van der Waals surface area contributed by atoms with Crippen molar-refractivity contribution in [3.63, 3.8) is 0 Å². The number of halogens is 1. The summed E-state index contributed by atoms with van der Waals surface area (Å²) >= 11 is 3.33. The van der Waals surface area contributed by atoms with Gasteiger partial charge in [-0.3, -0.25) is 19.7 Å². The van der Waals surface area contributed by atoms with E-state index in [1.807, 2.05) is 30.3 Å². The van der Waals surface area contributed by atoms with E-state index in [2.05, 4.69) is 26.6 Å². The first-order valence-electron chi connectivity index (χ1n) is 9.49. The van der Waals surface area contributed by atoms with Crippen LogP contribution in [0.1, 0.15) is 15.9 Å². The summed E-state index contributed by atoms with van der Waals surface area (Å²) in [5.41, 5.74) is 1.57. The van der Waals surface area contributed by atoms with E-state index in [0.29, 0.717) is 15.7 Å². The predicted octanol–water partition coefficient (Wildman–Crippen LogP) is 5.32.